The molecule has 0 unspecified atom stereocenters. The van der Waals surface area contributed by atoms with Crippen molar-refractivity contribution in [1.29, 1.82) is 0 Å². The molecule has 0 aliphatic carbocycles. The predicted octanol–water partition coefficient (Wildman–Crippen LogP) is 2.47. The maximum atomic E-state index is 11.2. The van der Waals surface area contributed by atoms with Gasteiger partial charge < -0.3 is 4.74 Å². The molecule has 0 spiro atoms. The maximum absolute atomic E-state index is 11.2. The number of terminal acetylenes is 1. The van der Waals surface area contributed by atoms with Gasteiger partial charge >= 0.3 is 5.97 Å². The minimum absolute atomic E-state index is 0.150. The highest BCUT2D eigenvalue weighted by atomic mass is 32.2. The van der Waals surface area contributed by atoms with E-state index in [1.54, 1.807) is 11.8 Å². The molecule has 0 saturated heterocycles. The topological polar surface area (TPSA) is 26.3 Å². The van der Waals surface area contributed by atoms with Gasteiger partial charge in [-0.05, 0) is 32.9 Å². The first-order chi connectivity index (χ1) is 6.45. The molecule has 0 fully saturated rings. The van der Waals surface area contributed by atoms with Crippen molar-refractivity contribution < 1.29 is 9.53 Å². The van der Waals surface area contributed by atoms with Crippen LogP contribution in [0.5, 0.6) is 0 Å². The number of ether oxygens (including phenoxy) is 1. The van der Waals surface area contributed by atoms with Crippen LogP contribution in [-0.2, 0) is 9.53 Å². The van der Waals surface area contributed by atoms with Crippen LogP contribution in [0.25, 0.3) is 0 Å². The van der Waals surface area contributed by atoms with Gasteiger partial charge in [-0.2, -0.15) is 11.8 Å². The van der Waals surface area contributed by atoms with E-state index in [0.29, 0.717) is 5.75 Å². The molecule has 0 aliphatic rings. The summed E-state index contributed by atoms with van der Waals surface area (Å²) in [4.78, 5) is 11.2. The van der Waals surface area contributed by atoms with Crippen LogP contribution in [0.1, 0.15) is 33.6 Å². The molecule has 0 atom stereocenters. The molecule has 0 amide bonds. The third-order valence-electron chi connectivity index (χ3n) is 1.25. The number of esters is 1. The van der Waals surface area contributed by atoms with Crippen LogP contribution >= 0.6 is 11.8 Å². The van der Waals surface area contributed by atoms with E-state index in [0.717, 1.165) is 18.6 Å². The van der Waals surface area contributed by atoms with Crippen molar-refractivity contribution in [3.63, 3.8) is 0 Å². The summed E-state index contributed by atoms with van der Waals surface area (Å²) in [5.41, 5.74) is -0.379. The zero-order chi connectivity index (χ0) is 11.0. The van der Waals surface area contributed by atoms with Crippen LogP contribution in [-0.4, -0.2) is 23.1 Å². The van der Waals surface area contributed by atoms with Crippen LogP contribution in [0.2, 0.25) is 0 Å². The first kappa shape index (κ1) is 13.4. The highest BCUT2D eigenvalue weighted by Gasteiger charge is 2.15. The quantitative estimate of drug-likeness (QED) is 0.399. The van der Waals surface area contributed by atoms with E-state index in [9.17, 15) is 4.79 Å². The molecule has 0 bridgehead atoms. The second kappa shape index (κ2) is 6.78. The summed E-state index contributed by atoms with van der Waals surface area (Å²) in [6.45, 7) is 5.61. The van der Waals surface area contributed by atoms with Gasteiger partial charge in [0.15, 0.2) is 0 Å². The third-order valence-corrected chi connectivity index (χ3v) is 2.27. The Kier molecular flexibility index (Phi) is 6.48. The number of carbonyl (C=O) groups excluding carboxylic acids is 1. The van der Waals surface area contributed by atoms with Gasteiger partial charge in [-0.15, -0.1) is 12.3 Å². The molecule has 0 aliphatic heterocycles. The standard InChI is InChI=1S/C11H18O2S/c1-5-6-7-8-14-9-10(12)13-11(2,3)4/h1H,6-9H2,2-4H3. The van der Waals surface area contributed by atoms with Crippen molar-refractivity contribution in [3.8, 4) is 12.3 Å². The Balaban J connectivity index is 3.42. The van der Waals surface area contributed by atoms with Gasteiger partial charge in [0.05, 0.1) is 5.75 Å². The Morgan fingerprint density at radius 2 is 2.14 bits per heavy atom. The van der Waals surface area contributed by atoms with Crippen LogP contribution in [0.15, 0.2) is 0 Å². The number of hydrogen-bond acceptors (Lipinski definition) is 3. The first-order valence-corrected chi connectivity index (χ1v) is 5.84. The van der Waals surface area contributed by atoms with Crippen LogP contribution in [0, 0.1) is 12.3 Å². The third kappa shape index (κ3) is 9.47. The monoisotopic (exact) mass is 214 g/mol. The summed E-state index contributed by atoms with van der Waals surface area (Å²) < 4.78 is 5.14. The van der Waals surface area contributed by atoms with Gasteiger partial charge in [-0.1, -0.05) is 0 Å². The fraction of sp³-hybridized carbons (Fsp3) is 0.727. The van der Waals surface area contributed by atoms with Crippen LogP contribution in [0.3, 0.4) is 0 Å². The van der Waals surface area contributed by atoms with Gasteiger partial charge in [-0.3, -0.25) is 4.79 Å². The van der Waals surface area contributed by atoms with E-state index in [-0.39, 0.29) is 11.6 Å². The summed E-state index contributed by atoms with van der Waals surface area (Å²) in [6.07, 6.45) is 6.84. The van der Waals surface area contributed by atoms with E-state index in [1.807, 2.05) is 20.8 Å². The number of rotatable bonds is 5. The first-order valence-electron chi connectivity index (χ1n) is 4.69. The molecule has 0 N–H and O–H groups in total. The van der Waals surface area contributed by atoms with Crippen molar-refractivity contribution in [2.24, 2.45) is 0 Å². The van der Waals surface area contributed by atoms with E-state index in [4.69, 9.17) is 11.2 Å². The van der Waals surface area contributed by atoms with Crippen LogP contribution in [0.4, 0.5) is 0 Å². The van der Waals surface area contributed by atoms with Crippen molar-refractivity contribution >= 4 is 17.7 Å². The smallest absolute Gasteiger partial charge is 0.316 e. The fourth-order valence-electron chi connectivity index (χ4n) is 0.803. The van der Waals surface area contributed by atoms with Gasteiger partial charge in [0.1, 0.15) is 5.60 Å². The largest absolute Gasteiger partial charge is 0.459 e. The van der Waals surface area contributed by atoms with E-state index in [2.05, 4.69) is 5.92 Å². The van der Waals surface area contributed by atoms with E-state index >= 15 is 0 Å². The van der Waals surface area contributed by atoms with Gasteiger partial charge in [0.25, 0.3) is 0 Å². The van der Waals surface area contributed by atoms with E-state index < -0.39 is 0 Å². The number of unbranched alkanes of at least 4 members (excludes halogenated alkanes) is 1. The van der Waals surface area contributed by atoms with Gasteiger partial charge in [0, 0.05) is 6.42 Å². The molecule has 3 heteroatoms. The molecule has 0 heterocycles. The Labute approximate surface area is 90.8 Å². The summed E-state index contributed by atoms with van der Waals surface area (Å²) in [5, 5.41) is 0. The lowest BCUT2D eigenvalue weighted by atomic mass is 10.2. The molecule has 14 heavy (non-hydrogen) atoms. The molecular formula is C11H18O2S. The minimum Gasteiger partial charge on any atom is -0.459 e. The molecular weight excluding hydrogens is 196 g/mol. The molecule has 0 saturated carbocycles. The predicted molar refractivity (Wildman–Crippen MR) is 61.2 cm³/mol. The maximum Gasteiger partial charge on any atom is 0.316 e. The van der Waals surface area contributed by atoms with Crippen molar-refractivity contribution in [3.05, 3.63) is 0 Å². The molecule has 0 aromatic heterocycles. The van der Waals surface area contributed by atoms with Gasteiger partial charge in [-0.25, -0.2) is 0 Å². The molecule has 0 aromatic rings. The Bertz CT molecular complexity index is 210. The summed E-state index contributed by atoms with van der Waals surface area (Å²) in [6, 6.07) is 0. The molecule has 2 nitrogen and oxygen atoms in total. The van der Waals surface area contributed by atoms with Crippen molar-refractivity contribution in [2.75, 3.05) is 11.5 Å². The highest BCUT2D eigenvalue weighted by molar-refractivity contribution is 7.99. The fourth-order valence-corrected chi connectivity index (χ4v) is 1.52. The molecule has 0 aromatic carbocycles. The summed E-state index contributed by atoms with van der Waals surface area (Å²) in [5.74, 6) is 3.75. The second-order valence-corrected chi connectivity index (χ2v) is 5.05. The lowest BCUT2D eigenvalue weighted by Crippen LogP contribution is -2.25. The van der Waals surface area contributed by atoms with Crippen molar-refractivity contribution in [1.82, 2.24) is 0 Å². The average Bonchev–Trinajstić information content (AvgIpc) is 2.00. The minimum atomic E-state index is -0.379. The lowest BCUT2D eigenvalue weighted by Gasteiger charge is -2.19. The molecule has 0 rings (SSSR count). The number of hydrogen-bond donors (Lipinski definition) is 0. The lowest BCUT2D eigenvalue weighted by molar-refractivity contribution is -0.151. The number of carbonyl (C=O) groups is 1. The Morgan fingerprint density at radius 3 is 2.64 bits per heavy atom. The van der Waals surface area contributed by atoms with Crippen molar-refractivity contribution in [2.45, 2.75) is 39.2 Å². The summed E-state index contributed by atoms with van der Waals surface area (Å²) in [7, 11) is 0. The van der Waals surface area contributed by atoms with Gasteiger partial charge in [0.2, 0.25) is 0 Å². The highest BCUT2D eigenvalue weighted by Crippen LogP contribution is 2.10. The van der Waals surface area contributed by atoms with E-state index in [1.165, 1.54) is 0 Å². The average molecular weight is 214 g/mol. The normalized spacial score (nSPS) is 10.7. The Morgan fingerprint density at radius 1 is 1.50 bits per heavy atom. The SMILES string of the molecule is C#CCCCSCC(=O)OC(C)(C)C. The number of thioether (sulfide) groups is 1. The zero-order valence-corrected chi connectivity index (χ0v) is 9.95. The Hall–Kier alpha value is -0.620. The molecule has 0 radical (unpaired) electrons. The zero-order valence-electron chi connectivity index (χ0n) is 9.13. The van der Waals surface area contributed by atoms with Crippen LogP contribution < -0.4 is 0 Å². The second-order valence-electron chi connectivity index (χ2n) is 3.95. The molecule has 80 valence electrons. The summed E-state index contributed by atoms with van der Waals surface area (Å²) >= 11 is 1.57.